The van der Waals surface area contributed by atoms with Crippen LogP contribution in [0.3, 0.4) is 0 Å². The van der Waals surface area contributed by atoms with Gasteiger partial charge in [-0.3, -0.25) is 4.79 Å². The summed E-state index contributed by atoms with van der Waals surface area (Å²) < 4.78 is 13.8. The number of piperidine rings is 1. The summed E-state index contributed by atoms with van der Waals surface area (Å²) in [5.74, 6) is 0.325. The second kappa shape index (κ2) is 7.47. The molecule has 4 rings (SSSR count). The molecule has 146 valence electrons. The van der Waals surface area contributed by atoms with Gasteiger partial charge in [0.2, 0.25) is 0 Å². The highest BCUT2D eigenvalue weighted by Crippen LogP contribution is 2.37. The fourth-order valence-electron chi connectivity index (χ4n) is 3.76. The van der Waals surface area contributed by atoms with Crippen LogP contribution in [0.25, 0.3) is 10.2 Å². The largest absolute Gasteiger partial charge is 0.353 e. The fourth-order valence-corrected chi connectivity index (χ4v) is 4.80. The topological polar surface area (TPSA) is 58.1 Å². The fraction of sp³-hybridized carbons (Fsp3) is 0.381. The van der Waals surface area contributed by atoms with Crippen LogP contribution in [0.4, 0.5) is 15.9 Å². The summed E-state index contributed by atoms with van der Waals surface area (Å²) in [6.45, 7) is 6.81. The molecule has 0 radical (unpaired) electrons. The van der Waals surface area contributed by atoms with Gasteiger partial charge in [0.1, 0.15) is 22.8 Å². The summed E-state index contributed by atoms with van der Waals surface area (Å²) in [7, 11) is 0. The highest BCUT2D eigenvalue weighted by molar-refractivity contribution is 7.20. The van der Waals surface area contributed by atoms with Crippen LogP contribution in [0.1, 0.15) is 47.0 Å². The maximum atomic E-state index is 13.8. The van der Waals surface area contributed by atoms with Gasteiger partial charge >= 0.3 is 0 Å². The monoisotopic (exact) mass is 398 g/mol. The lowest BCUT2D eigenvalue weighted by Crippen LogP contribution is -2.38. The number of rotatable bonds is 3. The maximum Gasteiger partial charge on any atom is 0.266 e. The van der Waals surface area contributed by atoms with Crippen molar-refractivity contribution < 1.29 is 9.18 Å². The molecule has 2 aromatic heterocycles. The molecule has 5 nitrogen and oxygen atoms in total. The average molecular weight is 399 g/mol. The number of halogens is 1. The van der Waals surface area contributed by atoms with E-state index in [1.165, 1.54) is 23.8 Å². The first-order chi connectivity index (χ1) is 13.5. The molecule has 1 aliphatic rings. The Balaban J connectivity index is 1.70. The summed E-state index contributed by atoms with van der Waals surface area (Å²) in [6, 6.07) is 5.12. The number of carbonyl (C=O) groups excluding carboxylic acids is 1. The van der Waals surface area contributed by atoms with Crippen LogP contribution in [-0.4, -0.2) is 28.5 Å². The number of aromatic nitrogens is 2. The summed E-state index contributed by atoms with van der Waals surface area (Å²) in [5.41, 5.74) is 1.87. The Morgan fingerprint density at radius 3 is 2.86 bits per heavy atom. The summed E-state index contributed by atoms with van der Waals surface area (Å²) in [5, 5.41) is 3.75. The Labute approximate surface area is 167 Å². The molecule has 1 amide bonds. The molecule has 0 spiro atoms. The zero-order chi connectivity index (χ0) is 19.8. The van der Waals surface area contributed by atoms with Gasteiger partial charge in [0.15, 0.2) is 0 Å². The van der Waals surface area contributed by atoms with Gasteiger partial charge in [0, 0.05) is 18.3 Å². The molecule has 0 bridgehead atoms. The van der Waals surface area contributed by atoms with Gasteiger partial charge in [-0.05, 0) is 63.3 Å². The molecule has 3 aromatic rings. The predicted molar refractivity (Wildman–Crippen MR) is 112 cm³/mol. The molecule has 28 heavy (non-hydrogen) atoms. The van der Waals surface area contributed by atoms with Crippen molar-refractivity contribution in [2.24, 2.45) is 0 Å². The van der Waals surface area contributed by atoms with Crippen molar-refractivity contribution >= 4 is 39.0 Å². The molecule has 0 aliphatic carbocycles. The van der Waals surface area contributed by atoms with E-state index in [2.05, 4.69) is 27.1 Å². The van der Waals surface area contributed by atoms with E-state index >= 15 is 0 Å². The van der Waals surface area contributed by atoms with Crippen LogP contribution < -0.4 is 10.2 Å². The van der Waals surface area contributed by atoms with Crippen LogP contribution in [0.5, 0.6) is 0 Å². The number of amides is 1. The lowest BCUT2D eigenvalue weighted by atomic mass is 10.0. The van der Waals surface area contributed by atoms with Gasteiger partial charge in [-0.1, -0.05) is 6.07 Å². The molecular formula is C21H23FN4OS. The van der Waals surface area contributed by atoms with Crippen LogP contribution in [0, 0.1) is 19.7 Å². The van der Waals surface area contributed by atoms with Crippen molar-refractivity contribution in [1.82, 2.24) is 9.97 Å². The molecule has 3 heterocycles. The van der Waals surface area contributed by atoms with E-state index in [1.54, 1.807) is 25.4 Å². The highest BCUT2D eigenvalue weighted by atomic mass is 32.1. The SMILES string of the molecule is Cc1ccc(NC(=O)c2sc3ncnc(N4CCCC[C@@H]4C)c3c2C)cc1F. The number of nitrogens with zero attached hydrogens (tertiary/aromatic N) is 3. The number of hydrogen-bond acceptors (Lipinski definition) is 5. The number of hydrogen-bond donors (Lipinski definition) is 1. The van der Waals surface area contributed by atoms with Crippen molar-refractivity contribution in [2.45, 2.75) is 46.1 Å². The molecule has 0 saturated carbocycles. The normalized spacial score (nSPS) is 17.1. The van der Waals surface area contributed by atoms with Crippen molar-refractivity contribution in [3.05, 3.63) is 46.3 Å². The van der Waals surface area contributed by atoms with Gasteiger partial charge in [-0.15, -0.1) is 11.3 Å². The smallest absolute Gasteiger partial charge is 0.266 e. The van der Waals surface area contributed by atoms with Crippen LogP contribution in [0.2, 0.25) is 0 Å². The number of carbonyl (C=O) groups is 1. The minimum atomic E-state index is -0.335. The molecular weight excluding hydrogens is 375 g/mol. The Bertz CT molecular complexity index is 1050. The predicted octanol–water partition coefficient (Wildman–Crippen LogP) is 5.08. The second-order valence-electron chi connectivity index (χ2n) is 7.39. The third-order valence-electron chi connectivity index (χ3n) is 5.42. The van der Waals surface area contributed by atoms with E-state index in [9.17, 15) is 9.18 Å². The lowest BCUT2D eigenvalue weighted by molar-refractivity contribution is 0.103. The summed E-state index contributed by atoms with van der Waals surface area (Å²) >= 11 is 1.35. The van der Waals surface area contributed by atoms with E-state index < -0.39 is 0 Å². The number of anilines is 2. The van der Waals surface area contributed by atoms with E-state index in [1.807, 2.05) is 6.92 Å². The van der Waals surface area contributed by atoms with Gasteiger partial charge in [0.25, 0.3) is 5.91 Å². The van der Waals surface area contributed by atoms with Crippen LogP contribution >= 0.6 is 11.3 Å². The Kier molecular flexibility index (Phi) is 5.02. The molecule has 1 atom stereocenters. The highest BCUT2D eigenvalue weighted by Gasteiger charge is 2.25. The minimum absolute atomic E-state index is 0.249. The van der Waals surface area contributed by atoms with Gasteiger partial charge in [-0.25, -0.2) is 14.4 Å². The summed E-state index contributed by atoms with van der Waals surface area (Å²) in [6.07, 6.45) is 5.09. The lowest BCUT2D eigenvalue weighted by Gasteiger charge is -2.34. The molecule has 1 N–H and O–H groups in total. The van der Waals surface area contributed by atoms with Gasteiger partial charge in [0.05, 0.1) is 10.3 Å². The zero-order valence-electron chi connectivity index (χ0n) is 16.3. The average Bonchev–Trinajstić information content (AvgIpc) is 3.02. The molecule has 7 heteroatoms. The molecule has 1 aromatic carbocycles. The van der Waals surface area contributed by atoms with Gasteiger partial charge < -0.3 is 10.2 Å². The number of benzene rings is 1. The van der Waals surface area contributed by atoms with E-state index in [4.69, 9.17) is 0 Å². The maximum absolute atomic E-state index is 13.8. The first kappa shape index (κ1) is 18.8. The number of fused-ring (bicyclic) bond motifs is 1. The summed E-state index contributed by atoms with van der Waals surface area (Å²) in [4.78, 5) is 25.5. The Morgan fingerprint density at radius 1 is 1.29 bits per heavy atom. The molecule has 1 aliphatic heterocycles. The van der Waals surface area contributed by atoms with Crippen molar-refractivity contribution in [1.29, 1.82) is 0 Å². The standard InChI is InChI=1S/C21H23FN4OS/c1-12-7-8-15(10-16(12)22)25-20(27)18-14(3)17-19(23-11-24-21(17)28-18)26-9-5-4-6-13(26)2/h7-8,10-11,13H,4-6,9H2,1-3H3,(H,25,27)/t13-/m0/s1. The van der Waals surface area contributed by atoms with E-state index in [0.717, 1.165) is 41.0 Å². The van der Waals surface area contributed by atoms with Crippen molar-refractivity contribution in [3.63, 3.8) is 0 Å². The van der Waals surface area contributed by atoms with Crippen molar-refractivity contribution in [3.8, 4) is 0 Å². The molecule has 0 unspecified atom stereocenters. The third kappa shape index (κ3) is 3.35. The number of thiophene rings is 1. The number of nitrogens with one attached hydrogen (secondary N) is 1. The van der Waals surface area contributed by atoms with E-state index in [-0.39, 0.29) is 11.7 Å². The van der Waals surface area contributed by atoms with E-state index in [0.29, 0.717) is 22.2 Å². The van der Waals surface area contributed by atoms with Crippen LogP contribution in [0.15, 0.2) is 24.5 Å². The third-order valence-corrected chi connectivity index (χ3v) is 6.62. The first-order valence-corrected chi connectivity index (χ1v) is 10.4. The van der Waals surface area contributed by atoms with Gasteiger partial charge in [-0.2, -0.15) is 0 Å². The molecule has 1 saturated heterocycles. The van der Waals surface area contributed by atoms with Crippen LogP contribution in [-0.2, 0) is 0 Å². The Morgan fingerprint density at radius 2 is 2.11 bits per heavy atom. The van der Waals surface area contributed by atoms with Crippen molar-refractivity contribution in [2.75, 3.05) is 16.8 Å². The second-order valence-corrected chi connectivity index (χ2v) is 8.39. The number of aryl methyl sites for hydroxylation is 2. The Hall–Kier alpha value is -2.54. The molecule has 1 fully saturated rings. The first-order valence-electron chi connectivity index (χ1n) is 9.54. The zero-order valence-corrected chi connectivity index (χ0v) is 17.1. The quantitative estimate of drug-likeness (QED) is 0.669. The minimum Gasteiger partial charge on any atom is -0.353 e.